The van der Waals surface area contributed by atoms with Crippen LogP contribution in [-0.2, 0) is 17.9 Å². The lowest BCUT2D eigenvalue weighted by Gasteiger charge is -2.40. The number of carbonyl (C=O) groups is 1. The molecule has 3 heterocycles. The fraction of sp³-hybridized carbons (Fsp3) is 0.524. The number of hydrogen-bond donors (Lipinski definition) is 0. The summed E-state index contributed by atoms with van der Waals surface area (Å²) in [6.45, 7) is 4.37. The normalized spacial score (nSPS) is 22.7. The summed E-state index contributed by atoms with van der Waals surface area (Å²) in [5, 5.41) is 0. The van der Waals surface area contributed by atoms with Crippen LogP contribution in [0.2, 0.25) is 0 Å². The molecule has 2 aliphatic heterocycles. The molecule has 0 saturated carbocycles. The van der Waals surface area contributed by atoms with Crippen LogP contribution in [0.25, 0.3) is 0 Å². The van der Waals surface area contributed by atoms with Gasteiger partial charge in [0.2, 0.25) is 5.91 Å². The molecule has 2 aliphatic rings. The maximum Gasteiger partial charge on any atom is 0.242 e. The minimum atomic E-state index is -0.191. The zero-order valence-electron chi connectivity index (χ0n) is 16.3. The third-order valence-corrected chi connectivity index (χ3v) is 6.06. The van der Waals surface area contributed by atoms with Gasteiger partial charge in [-0.05, 0) is 44.0 Å². The molecule has 1 unspecified atom stereocenters. The Morgan fingerprint density at radius 3 is 2.96 bits per heavy atom. The van der Waals surface area contributed by atoms with Crippen LogP contribution in [0.15, 0.2) is 36.9 Å². The number of imidazole rings is 1. The van der Waals surface area contributed by atoms with E-state index in [1.165, 1.54) is 6.07 Å². The van der Waals surface area contributed by atoms with Gasteiger partial charge in [0.05, 0.1) is 13.4 Å². The molecule has 1 aromatic heterocycles. The third kappa shape index (κ3) is 4.04. The van der Waals surface area contributed by atoms with Crippen molar-refractivity contribution >= 4 is 5.91 Å². The fourth-order valence-corrected chi connectivity index (χ4v) is 4.60. The third-order valence-electron chi connectivity index (χ3n) is 6.06. The number of carbonyl (C=O) groups excluding carboxylic acids is 1. The van der Waals surface area contributed by atoms with E-state index in [1.54, 1.807) is 31.8 Å². The minimum Gasteiger partial charge on any atom is -0.497 e. The Kier molecular flexibility index (Phi) is 5.35. The largest absolute Gasteiger partial charge is 0.497 e. The Morgan fingerprint density at radius 2 is 2.18 bits per heavy atom. The first kappa shape index (κ1) is 18.9. The molecule has 0 radical (unpaired) electrons. The second-order valence-corrected chi connectivity index (χ2v) is 8.07. The SMILES string of the molecule is COc1ccc(F)c(CN2CCCC3(CCN(C(=O)Cn4ccnc4)C3)C2)c1. The molecule has 4 rings (SSSR count). The van der Waals surface area contributed by atoms with Gasteiger partial charge in [-0.1, -0.05) is 0 Å². The van der Waals surface area contributed by atoms with Gasteiger partial charge in [-0.2, -0.15) is 0 Å². The molecule has 2 saturated heterocycles. The van der Waals surface area contributed by atoms with Crippen molar-refractivity contribution in [1.82, 2.24) is 19.4 Å². The van der Waals surface area contributed by atoms with E-state index in [2.05, 4.69) is 9.88 Å². The Balaban J connectivity index is 1.39. The second kappa shape index (κ2) is 7.91. The average molecular weight is 386 g/mol. The van der Waals surface area contributed by atoms with Gasteiger partial charge in [0.15, 0.2) is 0 Å². The molecular weight excluding hydrogens is 359 g/mol. The van der Waals surface area contributed by atoms with Crippen molar-refractivity contribution in [3.8, 4) is 5.75 Å². The number of hydrogen-bond acceptors (Lipinski definition) is 4. The first-order valence-electron chi connectivity index (χ1n) is 9.85. The molecule has 7 heteroatoms. The Hall–Kier alpha value is -2.41. The highest BCUT2D eigenvalue weighted by atomic mass is 19.1. The molecule has 0 aliphatic carbocycles. The molecule has 6 nitrogen and oxygen atoms in total. The minimum absolute atomic E-state index is 0.123. The Bertz CT molecular complexity index is 826. The van der Waals surface area contributed by atoms with Crippen molar-refractivity contribution in [1.29, 1.82) is 0 Å². The van der Waals surface area contributed by atoms with Crippen LogP contribution in [0.5, 0.6) is 5.75 Å². The van der Waals surface area contributed by atoms with Crippen molar-refractivity contribution in [2.24, 2.45) is 5.41 Å². The molecule has 1 atom stereocenters. The number of halogens is 1. The van der Waals surface area contributed by atoms with Crippen LogP contribution in [0.4, 0.5) is 4.39 Å². The summed E-state index contributed by atoms with van der Waals surface area (Å²) < 4.78 is 21.3. The number of benzene rings is 1. The van der Waals surface area contributed by atoms with Gasteiger partial charge in [0.25, 0.3) is 0 Å². The van der Waals surface area contributed by atoms with Crippen LogP contribution < -0.4 is 4.74 Å². The van der Waals surface area contributed by atoms with Gasteiger partial charge in [-0.15, -0.1) is 0 Å². The van der Waals surface area contributed by atoms with Crippen molar-refractivity contribution in [3.63, 3.8) is 0 Å². The molecule has 28 heavy (non-hydrogen) atoms. The zero-order chi connectivity index (χ0) is 19.6. The topological polar surface area (TPSA) is 50.6 Å². The maximum absolute atomic E-state index is 14.2. The van der Waals surface area contributed by atoms with E-state index in [1.807, 2.05) is 15.7 Å². The van der Waals surface area contributed by atoms with Gasteiger partial charge in [0, 0.05) is 49.6 Å². The van der Waals surface area contributed by atoms with Crippen LogP contribution in [0.1, 0.15) is 24.8 Å². The predicted molar refractivity (Wildman–Crippen MR) is 103 cm³/mol. The van der Waals surface area contributed by atoms with E-state index in [4.69, 9.17) is 4.74 Å². The van der Waals surface area contributed by atoms with E-state index in [0.29, 0.717) is 24.4 Å². The van der Waals surface area contributed by atoms with Crippen LogP contribution in [-0.4, -0.2) is 58.5 Å². The quantitative estimate of drug-likeness (QED) is 0.793. The predicted octanol–water partition coefficient (Wildman–Crippen LogP) is 2.55. The van der Waals surface area contributed by atoms with Crippen molar-refractivity contribution in [2.75, 3.05) is 33.3 Å². The smallest absolute Gasteiger partial charge is 0.242 e. The highest BCUT2D eigenvalue weighted by molar-refractivity contribution is 5.76. The molecule has 0 bridgehead atoms. The monoisotopic (exact) mass is 386 g/mol. The lowest BCUT2D eigenvalue weighted by atomic mass is 9.79. The summed E-state index contributed by atoms with van der Waals surface area (Å²) in [4.78, 5) is 20.9. The molecule has 1 aromatic carbocycles. The number of rotatable bonds is 5. The summed E-state index contributed by atoms with van der Waals surface area (Å²) in [5.41, 5.74) is 0.792. The number of nitrogens with zero attached hydrogens (tertiary/aromatic N) is 4. The zero-order valence-corrected chi connectivity index (χ0v) is 16.3. The Labute approximate surface area is 164 Å². The molecule has 1 spiro atoms. The van der Waals surface area contributed by atoms with E-state index in [9.17, 15) is 9.18 Å². The first-order valence-corrected chi connectivity index (χ1v) is 9.85. The molecule has 150 valence electrons. The summed E-state index contributed by atoms with van der Waals surface area (Å²) in [5.74, 6) is 0.634. The number of ether oxygens (including phenoxy) is 1. The summed E-state index contributed by atoms with van der Waals surface area (Å²) >= 11 is 0. The first-order chi connectivity index (χ1) is 13.6. The molecule has 1 amide bonds. The summed E-state index contributed by atoms with van der Waals surface area (Å²) in [6.07, 6.45) is 8.40. The number of piperidine rings is 1. The summed E-state index contributed by atoms with van der Waals surface area (Å²) in [7, 11) is 1.60. The van der Waals surface area contributed by atoms with Gasteiger partial charge in [-0.3, -0.25) is 9.69 Å². The van der Waals surface area contributed by atoms with Crippen LogP contribution in [0.3, 0.4) is 0 Å². The number of likely N-dealkylation sites (tertiary alicyclic amines) is 2. The van der Waals surface area contributed by atoms with Gasteiger partial charge >= 0.3 is 0 Å². The highest BCUT2D eigenvalue weighted by Crippen LogP contribution is 2.39. The standard InChI is InChI=1S/C21H27FN4O2/c1-28-18-3-4-19(22)17(11-18)12-24-8-2-5-21(14-24)6-9-26(15-21)20(27)13-25-10-7-23-16-25/h3-4,7,10-11,16H,2,5-6,8-9,12-15H2,1H3. The average Bonchev–Trinajstić information content (AvgIpc) is 3.34. The highest BCUT2D eigenvalue weighted by Gasteiger charge is 2.42. The van der Waals surface area contributed by atoms with Gasteiger partial charge < -0.3 is 14.2 Å². The Morgan fingerprint density at radius 1 is 1.29 bits per heavy atom. The van der Waals surface area contributed by atoms with Crippen LogP contribution in [0, 0.1) is 11.2 Å². The second-order valence-electron chi connectivity index (χ2n) is 8.07. The van der Waals surface area contributed by atoms with Gasteiger partial charge in [-0.25, -0.2) is 9.37 Å². The van der Waals surface area contributed by atoms with Gasteiger partial charge in [0.1, 0.15) is 18.1 Å². The van der Waals surface area contributed by atoms with Crippen molar-refractivity contribution in [2.45, 2.75) is 32.4 Å². The van der Waals surface area contributed by atoms with E-state index in [-0.39, 0.29) is 17.1 Å². The van der Waals surface area contributed by atoms with E-state index < -0.39 is 0 Å². The van der Waals surface area contributed by atoms with E-state index in [0.717, 1.165) is 45.4 Å². The maximum atomic E-state index is 14.2. The molecule has 2 aromatic rings. The van der Waals surface area contributed by atoms with Crippen molar-refractivity contribution in [3.05, 3.63) is 48.3 Å². The number of amides is 1. The molecule has 2 fully saturated rings. The van der Waals surface area contributed by atoms with Crippen LogP contribution >= 0.6 is 0 Å². The number of aromatic nitrogens is 2. The summed E-state index contributed by atoms with van der Waals surface area (Å²) in [6, 6.07) is 4.91. The van der Waals surface area contributed by atoms with Crippen molar-refractivity contribution < 1.29 is 13.9 Å². The molecular formula is C21H27FN4O2. The lowest BCUT2D eigenvalue weighted by molar-refractivity contribution is -0.131. The number of methoxy groups -OCH3 is 1. The fourth-order valence-electron chi connectivity index (χ4n) is 4.60. The molecule has 0 N–H and O–H groups in total. The van der Waals surface area contributed by atoms with E-state index >= 15 is 0 Å². The lowest BCUT2D eigenvalue weighted by Crippen LogP contribution is -2.45.